The van der Waals surface area contributed by atoms with Gasteiger partial charge < -0.3 is 4.52 Å². The number of carbonyl (C=O) groups is 1. The first-order chi connectivity index (χ1) is 13.0. The number of allylic oxidation sites excluding steroid dienone is 1. The van der Waals surface area contributed by atoms with Crippen LogP contribution >= 0.6 is 22.9 Å². The van der Waals surface area contributed by atoms with Crippen molar-refractivity contribution in [1.29, 1.82) is 0 Å². The van der Waals surface area contributed by atoms with Gasteiger partial charge in [-0.1, -0.05) is 16.8 Å². The summed E-state index contributed by atoms with van der Waals surface area (Å²) in [6.07, 6.45) is 6.38. The molecule has 0 aliphatic heterocycles. The zero-order valence-electron chi connectivity index (χ0n) is 14.1. The number of benzene rings is 1. The summed E-state index contributed by atoms with van der Waals surface area (Å²) in [5, 5.41) is 17.1. The van der Waals surface area contributed by atoms with E-state index < -0.39 is 4.92 Å². The lowest BCUT2D eigenvalue weighted by Crippen LogP contribution is -1.93. The Labute approximate surface area is 163 Å². The second-order valence-electron chi connectivity index (χ2n) is 5.52. The van der Waals surface area contributed by atoms with Crippen molar-refractivity contribution in [3.05, 3.63) is 84.4 Å². The lowest BCUT2D eigenvalue weighted by molar-refractivity contribution is -0.386. The number of aromatic nitrogens is 1. The van der Waals surface area contributed by atoms with Crippen molar-refractivity contribution in [2.75, 3.05) is 0 Å². The van der Waals surface area contributed by atoms with Gasteiger partial charge >= 0.3 is 5.69 Å². The van der Waals surface area contributed by atoms with E-state index >= 15 is 0 Å². The second-order valence-corrected chi connectivity index (χ2v) is 6.90. The fraction of sp³-hybridized carbons (Fsp3) is 0.0526. The number of halogens is 1. The lowest BCUT2D eigenvalue weighted by atomic mass is 10.1. The van der Waals surface area contributed by atoms with Crippen LogP contribution in [0.25, 0.3) is 18.2 Å². The molecule has 0 amide bonds. The molecule has 0 aliphatic carbocycles. The summed E-state index contributed by atoms with van der Waals surface area (Å²) in [5.74, 6) is -0.0626. The Balaban J connectivity index is 1.79. The number of hydrogen-bond donors (Lipinski definition) is 0. The average Bonchev–Trinajstić information content (AvgIpc) is 3.24. The van der Waals surface area contributed by atoms with Crippen LogP contribution in [-0.2, 0) is 0 Å². The maximum absolute atomic E-state index is 12.2. The minimum absolute atomic E-state index is 0.0815. The molecule has 0 saturated carbocycles. The minimum Gasteiger partial charge on any atom is -0.349 e. The van der Waals surface area contributed by atoms with Crippen LogP contribution in [0.1, 0.15) is 32.3 Å². The predicted molar refractivity (Wildman–Crippen MR) is 106 cm³/mol. The Kier molecular flexibility index (Phi) is 5.63. The van der Waals surface area contributed by atoms with Gasteiger partial charge in [0.05, 0.1) is 4.92 Å². The van der Waals surface area contributed by atoms with Crippen LogP contribution in [0.4, 0.5) is 5.69 Å². The summed E-state index contributed by atoms with van der Waals surface area (Å²) in [6.45, 7) is 1.51. The molecule has 0 fully saturated rings. The Hall–Kier alpha value is -3.03. The van der Waals surface area contributed by atoms with Crippen LogP contribution in [-0.4, -0.2) is 15.9 Å². The molecular weight excluding hydrogens is 388 g/mol. The van der Waals surface area contributed by atoms with Crippen molar-refractivity contribution in [2.24, 2.45) is 0 Å². The molecule has 3 rings (SSSR count). The number of carbonyl (C=O) groups excluding carboxylic acids is 1. The average molecular weight is 401 g/mol. The topological polar surface area (TPSA) is 86.2 Å². The molecule has 0 unspecified atom stereocenters. The van der Waals surface area contributed by atoms with Crippen LogP contribution in [0.5, 0.6) is 0 Å². The van der Waals surface area contributed by atoms with Crippen LogP contribution < -0.4 is 0 Å². The third-order valence-electron chi connectivity index (χ3n) is 3.70. The Morgan fingerprint density at radius 3 is 2.67 bits per heavy atom. The van der Waals surface area contributed by atoms with Gasteiger partial charge in [0, 0.05) is 15.5 Å². The molecule has 0 atom stereocenters. The molecule has 136 valence electrons. The van der Waals surface area contributed by atoms with E-state index in [-0.39, 0.29) is 22.9 Å². The fourth-order valence-electron chi connectivity index (χ4n) is 2.35. The first kappa shape index (κ1) is 18.8. The molecule has 1 aromatic carbocycles. The van der Waals surface area contributed by atoms with Crippen molar-refractivity contribution in [3.63, 3.8) is 0 Å². The molecule has 0 aliphatic rings. The Morgan fingerprint density at radius 2 is 1.96 bits per heavy atom. The van der Waals surface area contributed by atoms with Gasteiger partial charge in [-0.25, -0.2) is 0 Å². The molecule has 27 heavy (non-hydrogen) atoms. The molecule has 0 spiro atoms. The molecular formula is C19H13ClN2O4S. The van der Waals surface area contributed by atoms with Gasteiger partial charge in [0.2, 0.25) is 5.76 Å². The number of nitro groups is 1. The van der Waals surface area contributed by atoms with E-state index in [4.69, 9.17) is 16.1 Å². The summed E-state index contributed by atoms with van der Waals surface area (Å²) in [6, 6.07) is 8.50. The van der Waals surface area contributed by atoms with Gasteiger partial charge in [-0.2, -0.15) is 0 Å². The number of ketones is 1. The maximum atomic E-state index is 12.2. The van der Waals surface area contributed by atoms with Crippen molar-refractivity contribution >= 4 is 52.6 Å². The first-order valence-corrected chi connectivity index (χ1v) is 9.05. The zero-order valence-corrected chi connectivity index (χ0v) is 15.7. The largest absolute Gasteiger partial charge is 0.349 e. The molecule has 8 heteroatoms. The number of thiophene rings is 1. The van der Waals surface area contributed by atoms with Gasteiger partial charge in [-0.3, -0.25) is 14.9 Å². The van der Waals surface area contributed by atoms with Gasteiger partial charge in [-0.15, -0.1) is 11.3 Å². The van der Waals surface area contributed by atoms with Crippen LogP contribution in [0, 0.1) is 17.0 Å². The van der Waals surface area contributed by atoms with Crippen molar-refractivity contribution < 1.29 is 14.2 Å². The van der Waals surface area contributed by atoms with E-state index in [1.807, 2.05) is 11.4 Å². The number of hydrogen-bond acceptors (Lipinski definition) is 6. The van der Waals surface area contributed by atoms with Crippen molar-refractivity contribution in [3.8, 4) is 0 Å². The highest BCUT2D eigenvalue weighted by atomic mass is 35.5. The summed E-state index contributed by atoms with van der Waals surface area (Å²) >= 11 is 7.26. The summed E-state index contributed by atoms with van der Waals surface area (Å²) in [4.78, 5) is 23.6. The third kappa shape index (κ3) is 4.39. The highest BCUT2D eigenvalue weighted by molar-refractivity contribution is 7.11. The SMILES string of the molecule is Cc1noc(/C=C/c2sccc2/C=C\C(=O)c2ccc(Cl)cc2)c1[N+](=O)[O-]. The number of aryl methyl sites for hydroxylation is 1. The van der Waals surface area contributed by atoms with Crippen molar-refractivity contribution in [1.82, 2.24) is 5.16 Å². The van der Waals surface area contributed by atoms with Crippen LogP contribution in [0.15, 0.2) is 46.3 Å². The second kappa shape index (κ2) is 8.11. The van der Waals surface area contributed by atoms with Crippen LogP contribution in [0.3, 0.4) is 0 Å². The standard InChI is InChI=1S/C19H13ClN2O4S/c1-12-19(22(24)25)17(26-21-12)8-9-18-14(10-11-27-18)4-7-16(23)13-2-5-15(20)6-3-13/h2-11H,1H3/b7-4-,9-8+. The van der Waals surface area contributed by atoms with E-state index in [0.717, 1.165) is 10.4 Å². The summed E-state index contributed by atoms with van der Waals surface area (Å²) < 4.78 is 5.00. The fourth-order valence-corrected chi connectivity index (χ4v) is 3.25. The molecule has 0 radical (unpaired) electrons. The van der Waals surface area contributed by atoms with Crippen LogP contribution in [0.2, 0.25) is 5.02 Å². The lowest BCUT2D eigenvalue weighted by Gasteiger charge is -1.96. The highest BCUT2D eigenvalue weighted by Gasteiger charge is 2.22. The van der Waals surface area contributed by atoms with Gasteiger partial charge in [0.25, 0.3) is 0 Å². The minimum atomic E-state index is -0.522. The van der Waals surface area contributed by atoms with Gasteiger partial charge in [-0.05, 0) is 72.5 Å². The van der Waals surface area contributed by atoms with Gasteiger partial charge in [0.1, 0.15) is 0 Å². The monoisotopic (exact) mass is 400 g/mol. The van der Waals surface area contributed by atoms with Crippen molar-refractivity contribution in [2.45, 2.75) is 6.92 Å². The van der Waals surface area contributed by atoms with E-state index in [9.17, 15) is 14.9 Å². The molecule has 6 nitrogen and oxygen atoms in total. The highest BCUT2D eigenvalue weighted by Crippen LogP contribution is 2.27. The molecule has 0 N–H and O–H groups in total. The Bertz CT molecular complexity index is 1050. The molecule has 3 aromatic rings. The predicted octanol–water partition coefficient (Wildman–Crippen LogP) is 5.67. The van der Waals surface area contributed by atoms with E-state index in [0.29, 0.717) is 10.6 Å². The van der Waals surface area contributed by atoms with Gasteiger partial charge in [0.15, 0.2) is 11.5 Å². The number of nitrogens with zero attached hydrogens (tertiary/aromatic N) is 2. The smallest absolute Gasteiger partial charge is 0.338 e. The summed E-state index contributed by atoms with van der Waals surface area (Å²) in [7, 11) is 0. The summed E-state index contributed by atoms with van der Waals surface area (Å²) in [5.41, 5.74) is 1.42. The number of rotatable bonds is 6. The van der Waals surface area contributed by atoms with E-state index in [2.05, 4.69) is 5.16 Å². The quantitative estimate of drug-likeness (QED) is 0.230. The van der Waals surface area contributed by atoms with E-state index in [1.165, 1.54) is 30.4 Å². The molecule has 2 heterocycles. The molecule has 2 aromatic heterocycles. The Morgan fingerprint density at radius 1 is 1.22 bits per heavy atom. The molecule has 0 saturated heterocycles. The molecule has 0 bridgehead atoms. The zero-order chi connectivity index (χ0) is 19.4. The van der Waals surface area contributed by atoms with E-state index in [1.54, 1.807) is 36.4 Å². The normalized spacial score (nSPS) is 11.5. The third-order valence-corrected chi connectivity index (χ3v) is 4.85. The first-order valence-electron chi connectivity index (χ1n) is 7.80. The maximum Gasteiger partial charge on any atom is 0.338 e.